The zero-order chi connectivity index (χ0) is 17.6. The van der Waals surface area contributed by atoms with Crippen molar-refractivity contribution in [3.63, 3.8) is 0 Å². The zero-order valence-electron chi connectivity index (χ0n) is 13.9. The molecule has 0 saturated heterocycles. The lowest BCUT2D eigenvalue weighted by Crippen LogP contribution is -2.33. The summed E-state index contributed by atoms with van der Waals surface area (Å²) in [5, 5.41) is 14.1. The summed E-state index contributed by atoms with van der Waals surface area (Å²) in [5.41, 5.74) is 1.96. The molecule has 0 spiro atoms. The maximum Gasteiger partial charge on any atom is 0.270 e. The summed E-state index contributed by atoms with van der Waals surface area (Å²) >= 11 is 0. The molecule has 0 atom stereocenters. The van der Waals surface area contributed by atoms with Gasteiger partial charge in [-0.2, -0.15) is 0 Å². The number of nitro benzene ring substituents is 1. The maximum absolute atomic E-state index is 12.8. The molecule has 5 nitrogen and oxygen atoms in total. The normalized spacial score (nSPS) is 15.1. The third-order valence-electron chi connectivity index (χ3n) is 4.41. The van der Waals surface area contributed by atoms with Crippen LogP contribution in [0.15, 0.2) is 54.6 Å². The second-order valence-corrected chi connectivity index (χ2v) is 6.23. The lowest BCUT2D eigenvalue weighted by molar-refractivity contribution is -0.384. The second kappa shape index (κ2) is 7.75. The largest absolute Gasteiger partial charge is 0.349 e. The Balaban J connectivity index is 1.94. The van der Waals surface area contributed by atoms with E-state index in [4.69, 9.17) is 0 Å². The van der Waals surface area contributed by atoms with Crippen LogP contribution in [0.4, 0.5) is 5.69 Å². The molecule has 5 heteroatoms. The molecule has 0 aromatic heterocycles. The minimum absolute atomic E-state index is 0.0114. The number of hydrogen-bond acceptors (Lipinski definition) is 3. The summed E-state index contributed by atoms with van der Waals surface area (Å²) in [6.45, 7) is 0. The smallest absolute Gasteiger partial charge is 0.270 e. The van der Waals surface area contributed by atoms with E-state index in [1.54, 1.807) is 18.2 Å². The van der Waals surface area contributed by atoms with Gasteiger partial charge in [-0.15, -0.1) is 0 Å². The monoisotopic (exact) mass is 336 g/mol. The Hall–Kier alpha value is -2.95. The highest BCUT2D eigenvalue weighted by Gasteiger charge is 2.20. The van der Waals surface area contributed by atoms with Crippen molar-refractivity contribution in [1.29, 1.82) is 0 Å². The molecule has 2 aromatic rings. The number of nitrogens with one attached hydrogen (secondary N) is 1. The number of rotatable bonds is 5. The van der Waals surface area contributed by atoms with Crippen LogP contribution in [-0.2, 0) is 4.79 Å². The molecule has 128 valence electrons. The van der Waals surface area contributed by atoms with Crippen molar-refractivity contribution in [2.75, 3.05) is 0 Å². The number of benzene rings is 2. The Morgan fingerprint density at radius 3 is 2.48 bits per heavy atom. The Bertz CT molecular complexity index is 794. The first kappa shape index (κ1) is 16.9. The number of nitro groups is 1. The summed E-state index contributed by atoms with van der Waals surface area (Å²) in [6.07, 6.45) is 6.00. The van der Waals surface area contributed by atoms with Gasteiger partial charge in [-0.05, 0) is 30.0 Å². The third kappa shape index (κ3) is 4.32. The fraction of sp³-hybridized carbons (Fsp3) is 0.250. The number of carbonyl (C=O) groups is 1. The molecule has 1 aliphatic rings. The van der Waals surface area contributed by atoms with E-state index < -0.39 is 4.92 Å². The molecule has 1 N–H and O–H groups in total. The summed E-state index contributed by atoms with van der Waals surface area (Å²) in [7, 11) is 0. The molecular formula is C20H20N2O3. The highest BCUT2D eigenvalue weighted by molar-refractivity contribution is 6.24. The average molecular weight is 336 g/mol. The van der Waals surface area contributed by atoms with E-state index in [2.05, 4.69) is 5.32 Å². The quantitative estimate of drug-likeness (QED) is 0.385. The van der Waals surface area contributed by atoms with Gasteiger partial charge in [-0.25, -0.2) is 0 Å². The molecule has 1 amide bonds. The van der Waals surface area contributed by atoms with Crippen LogP contribution in [0.25, 0.3) is 11.6 Å². The number of nitrogens with zero attached hydrogens (tertiary/aromatic N) is 1. The molecule has 2 aromatic carbocycles. The third-order valence-corrected chi connectivity index (χ3v) is 4.41. The van der Waals surface area contributed by atoms with E-state index in [-0.39, 0.29) is 17.6 Å². The predicted molar refractivity (Wildman–Crippen MR) is 97.8 cm³/mol. The zero-order valence-corrected chi connectivity index (χ0v) is 13.9. The van der Waals surface area contributed by atoms with Gasteiger partial charge in [0.2, 0.25) is 0 Å². The minimum Gasteiger partial charge on any atom is -0.349 e. The Morgan fingerprint density at radius 2 is 1.80 bits per heavy atom. The van der Waals surface area contributed by atoms with E-state index >= 15 is 0 Å². The maximum atomic E-state index is 12.8. The SMILES string of the molecule is O=C(NC1CCCC1)/C(=C/c1cccc([N+](=O)[O-])c1)c1ccccc1. The van der Waals surface area contributed by atoms with E-state index in [0.29, 0.717) is 11.1 Å². The van der Waals surface area contributed by atoms with Gasteiger partial charge in [-0.1, -0.05) is 55.3 Å². The first-order valence-corrected chi connectivity index (χ1v) is 8.46. The van der Waals surface area contributed by atoms with Crippen LogP contribution < -0.4 is 5.32 Å². The van der Waals surface area contributed by atoms with Crippen LogP contribution in [0.3, 0.4) is 0 Å². The number of non-ortho nitro benzene ring substituents is 1. The Labute approximate surface area is 146 Å². The topological polar surface area (TPSA) is 72.2 Å². The minimum atomic E-state index is -0.432. The van der Waals surface area contributed by atoms with Crippen LogP contribution in [0.5, 0.6) is 0 Å². The highest BCUT2D eigenvalue weighted by Crippen LogP contribution is 2.23. The molecule has 1 fully saturated rings. The van der Waals surface area contributed by atoms with Crippen LogP contribution in [0, 0.1) is 10.1 Å². The van der Waals surface area contributed by atoms with Crippen molar-refractivity contribution >= 4 is 23.2 Å². The highest BCUT2D eigenvalue weighted by atomic mass is 16.6. The van der Waals surface area contributed by atoms with Gasteiger partial charge in [0, 0.05) is 23.7 Å². The first-order valence-electron chi connectivity index (χ1n) is 8.46. The Morgan fingerprint density at radius 1 is 1.08 bits per heavy atom. The standard InChI is InChI=1S/C20H20N2O3/c23-20(21-17-10-4-5-11-17)19(16-8-2-1-3-9-16)14-15-7-6-12-18(13-15)22(24)25/h1-3,6-9,12-14,17H,4-5,10-11H2,(H,21,23)/b19-14+. The van der Waals surface area contributed by atoms with Gasteiger partial charge >= 0.3 is 0 Å². The van der Waals surface area contributed by atoms with Crippen molar-refractivity contribution in [2.24, 2.45) is 0 Å². The molecule has 3 rings (SSSR count). The molecule has 1 aliphatic carbocycles. The molecule has 0 heterocycles. The molecule has 0 bridgehead atoms. The lowest BCUT2D eigenvalue weighted by atomic mass is 10.0. The van der Waals surface area contributed by atoms with Crippen LogP contribution >= 0.6 is 0 Å². The van der Waals surface area contributed by atoms with Gasteiger partial charge in [0.05, 0.1) is 4.92 Å². The predicted octanol–water partition coefficient (Wildman–Crippen LogP) is 4.19. The van der Waals surface area contributed by atoms with Gasteiger partial charge in [-0.3, -0.25) is 14.9 Å². The molecule has 0 aliphatic heterocycles. The second-order valence-electron chi connectivity index (χ2n) is 6.23. The first-order chi connectivity index (χ1) is 12.1. The van der Waals surface area contributed by atoms with E-state index in [9.17, 15) is 14.9 Å². The lowest BCUT2D eigenvalue weighted by Gasteiger charge is -2.14. The fourth-order valence-corrected chi connectivity index (χ4v) is 3.13. The number of carbonyl (C=O) groups excluding carboxylic acids is 1. The van der Waals surface area contributed by atoms with Gasteiger partial charge < -0.3 is 5.32 Å². The van der Waals surface area contributed by atoms with Crippen molar-refractivity contribution in [2.45, 2.75) is 31.7 Å². The number of amides is 1. The van der Waals surface area contributed by atoms with Gasteiger partial charge in [0.15, 0.2) is 0 Å². The van der Waals surface area contributed by atoms with Crippen LogP contribution in [-0.4, -0.2) is 16.9 Å². The summed E-state index contributed by atoms with van der Waals surface area (Å²) in [5.74, 6) is -0.135. The molecule has 0 unspecified atom stereocenters. The van der Waals surface area contributed by atoms with Crippen molar-refractivity contribution in [1.82, 2.24) is 5.32 Å². The Kier molecular flexibility index (Phi) is 5.23. The average Bonchev–Trinajstić information content (AvgIpc) is 3.13. The van der Waals surface area contributed by atoms with Gasteiger partial charge in [0.25, 0.3) is 11.6 Å². The summed E-state index contributed by atoms with van der Waals surface area (Å²) in [6, 6.07) is 15.9. The molecule has 1 saturated carbocycles. The molecule has 25 heavy (non-hydrogen) atoms. The van der Waals surface area contributed by atoms with Crippen molar-refractivity contribution in [3.8, 4) is 0 Å². The van der Waals surface area contributed by atoms with E-state index in [0.717, 1.165) is 31.2 Å². The van der Waals surface area contributed by atoms with Crippen molar-refractivity contribution < 1.29 is 9.72 Å². The molecule has 0 radical (unpaired) electrons. The summed E-state index contributed by atoms with van der Waals surface area (Å²) < 4.78 is 0. The van der Waals surface area contributed by atoms with E-state index in [1.807, 2.05) is 30.3 Å². The van der Waals surface area contributed by atoms with Crippen LogP contribution in [0.1, 0.15) is 36.8 Å². The van der Waals surface area contributed by atoms with Crippen molar-refractivity contribution in [3.05, 3.63) is 75.8 Å². The van der Waals surface area contributed by atoms with Gasteiger partial charge in [0.1, 0.15) is 0 Å². The molecular weight excluding hydrogens is 316 g/mol. The van der Waals surface area contributed by atoms with Crippen LogP contribution in [0.2, 0.25) is 0 Å². The van der Waals surface area contributed by atoms with E-state index in [1.165, 1.54) is 12.1 Å². The number of hydrogen-bond donors (Lipinski definition) is 1. The fourth-order valence-electron chi connectivity index (χ4n) is 3.13. The summed E-state index contributed by atoms with van der Waals surface area (Å²) in [4.78, 5) is 23.4.